The van der Waals surface area contributed by atoms with Gasteiger partial charge in [-0.15, -0.1) is 0 Å². The number of fused-ring (bicyclic) bond motifs is 4. The molecule has 0 unspecified atom stereocenters. The lowest BCUT2D eigenvalue weighted by molar-refractivity contribution is -0.137. The first-order chi connectivity index (χ1) is 12.9. The molecule has 0 radical (unpaired) electrons. The quantitative estimate of drug-likeness (QED) is 0.301. The average molecular weight is 377 g/mol. The minimum absolute atomic E-state index is 0.0593. The van der Waals surface area contributed by atoms with E-state index in [9.17, 15) is 14.4 Å². The first-order valence-electron chi connectivity index (χ1n) is 8.87. The van der Waals surface area contributed by atoms with Crippen molar-refractivity contribution in [3.8, 4) is 0 Å². The zero-order chi connectivity index (χ0) is 19.5. The lowest BCUT2D eigenvalue weighted by atomic mass is 9.82. The molecule has 2 fully saturated rings. The second kappa shape index (κ2) is 6.04. The van der Waals surface area contributed by atoms with Crippen LogP contribution < -0.4 is 22.1 Å². The number of methoxy groups -OCH3 is 1. The van der Waals surface area contributed by atoms with E-state index in [1.54, 1.807) is 6.92 Å². The predicted molar refractivity (Wildman–Crippen MR) is 93.0 cm³/mol. The Morgan fingerprint density at radius 2 is 2.15 bits per heavy atom. The van der Waals surface area contributed by atoms with Gasteiger partial charge in [-0.3, -0.25) is 9.59 Å². The van der Waals surface area contributed by atoms with E-state index in [1.165, 1.54) is 7.11 Å². The number of Topliss-reactive ketones (excluding diaryl/α,β-unsaturated/α-hetero) is 2. The fourth-order valence-electron chi connectivity index (χ4n) is 4.70. The Kier molecular flexibility index (Phi) is 4.02. The second-order valence-corrected chi connectivity index (χ2v) is 7.14. The van der Waals surface area contributed by atoms with Gasteiger partial charge in [0.15, 0.2) is 5.72 Å². The maximum absolute atomic E-state index is 13.3. The number of hydrogen-bond donors (Lipinski definition) is 4. The van der Waals surface area contributed by atoms with Gasteiger partial charge in [-0.25, -0.2) is 4.79 Å². The maximum Gasteiger partial charge on any atom is 0.404 e. The van der Waals surface area contributed by atoms with Gasteiger partial charge in [0.2, 0.25) is 11.6 Å². The van der Waals surface area contributed by atoms with Crippen molar-refractivity contribution in [1.82, 2.24) is 15.5 Å². The molecule has 10 nitrogen and oxygen atoms in total. The zero-order valence-corrected chi connectivity index (χ0v) is 15.2. The van der Waals surface area contributed by atoms with E-state index in [0.717, 1.165) is 0 Å². The number of ketones is 2. The fourth-order valence-corrected chi connectivity index (χ4v) is 4.70. The number of amides is 1. The number of nitrogens with one attached hydrogen (secondary N) is 2. The molecule has 4 rings (SSSR count). The lowest BCUT2D eigenvalue weighted by Crippen LogP contribution is -2.55. The molecule has 3 aliphatic heterocycles. The van der Waals surface area contributed by atoms with Crippen molar-refractivity contribution in [2.45, 2.75) is 24.7 Å². The SMILES string of the molecule is CO[C@@]12[C@@H]3N[C@@H]3CN1C1=C(C(=O)C(NCCN)=C(C)C1=O)[C@@H]2COC(N)=O. The van der Waals surface area contributed by atoms with Crippen molar-refractivity contribution in [2.24, 2.45) is 17.4 Å². The molecule has 2 saturated heterocycles. The molecule has 146 valence electrons. The van der Waals surface area contributed by atoms with Crippen LogP contribution in [-0.2, 0) is 19.1 Å². The largest absolute Gasteiger partial charge is 0.449 e. The molecule has 4 aliphatic rings. The van der Waals surface area contributed by atoms with Gasteiger partial charge in [-0.2, -0.15) is 0 Å². The van der Waals surface area contributed by atoms with Gasteiger partial charge in [0, 0.05) is 43.9 Å². The summed E-state index contributed by atoms with van der Waals surface area (Å²) in [5.41, 5.74) is 10.9. The van der Waals surface area contributed by atoms with Gasteiger partial charge in [-0.1, -0.05) is 0 Å². The summed E-state index contributed by atoms with van der Waals surface area (Å²) in [6.45, 7) is 2.70. The van der Waals surface area contributed by atoms with Crippen LogP contribution in [0.25, 0.3) is 0 Å². The molecular weight excluding hydrogens is 354 g/mol. The standard InChI is InChI=1S/C17H23N5O5/c1-7-11(20-4-3-18)14(24)10-8(6-27-16(19)25)17(26-2)15-9(21-15)5-22(17)12(10)13(7)23/h8-9,15,20-21H,3-6,18H2,1-2H3,(H2,19,25)/t8-,9+,15+,17-/m0/s1. The Morgan fingerprint density at radius 3 is 2.78 bits per heavy atom. The topological polar surface area (TPSA) is 159 Å². The average Bonchev–Trinajstić information content (AvgIpc) is 3.24. The van der Waals surface area contributed by atoms with Gasteiger partial charge in [-0.05, 0) is 6.92 Å². The normalized spacial score (nSPS) is 33.9. The van der Waals surface area contributed by atoms with Crippen LogP contribution in [0.15, 0.2) is 22.5 Å². The summed E-state index contributed by atoms with van der Waals surface area (Å²) >= 11 is 0. The van der Waals surface area contributed by atoms with E-state index in [4.69, 9.17) is 20.9 Å². The smallest absolute Gasteiger partial charge is 0.404 e. The van der Waals surface area contributed by atoms with Gasteiger partial charge in [0.05, 0.1) is 23.4 Å². The molecule has 0 aromatic rings. The Morgan fingerprint density at radius 1 is 1.41 bits per heavy atom. The van der Waals surface area contributed by atoms with Crippen molar-refractivity contribution < 1.29 is 23.9 Å². The summed E-state index contributed by atoms with van der Waals surface area (Å²) in [5, 5.41) is 6.27. The summed E-state index contributed by atoms with van der Waals surface area (Å²) in [6.07, 6.45) is -0.942. The number of nitrogens with zero attached hydrogens (tertiary/aromatic N) is 1. The zero-order valence-electron chi connectivity index (χ0n) is 15.2. The van der Waals surface area contributed by atoms with Gasteiger partial charge >= 0.3 is 6.09 Å². The highest BCUT2D eigenvalue weighted by atomic mass is 16.6. The van der Waals surface area contributed by atoms with Crippen LogP contribution >= 0.6 is 0 Å². The predicted octanol–water partition coefficient (Wildman–Crippen LogP) is -2.06. The Labute approximate surface area is 155 Å². The number of nitrogens with two attached hydrogens (primary N) is 2. The van der Waals surface area contributed by atoms with Crippen molar-refractivity contribution in [2.75, 3.05) is 33.4 Å². The molecule has 3 heterocycles. The highest BCUT2D eigenvalue weighted by molar-refractivity contribution is 6.25. The van der Waals surface area contributed by atoms with Crippen LogP contribution in [-0.4, -0.2) is 73.7 Å². The number of piperazine rings is 1. The van der Waals surface area contributed by atoms with Crippen LogP contribution in [0.3, 0.4) is 0 Å². The molecule has 4 atom stereocenters. The number of ether oxygens (including phenoxy) is 2. The van der Waals surface area contributed by atoms with E-state index in [0.29, 0.717) is 36.5 Å². The molecule has 10 heteroatoms. The summed E-state index contributed by atoms with van der Waals surface area (Å²) < 4.78 is 10.9. The molecule has 0 spiro atoms. The minimum Gasteiger partial charge on any atom is -0.449 e. The molecule has 6 N–H and O–H groups in total. The van der Waals surface area contributed by atoms with Gasteiger partial charge < -0.3 is 36.5 Å². The molecule has 0 saturated carbocycles. The molecule has 0 aromatic heterocycles. The third kappa shape index (κ3) is 2.27. The number of rotatable bonds is 6. The first kappa shape index (κ1) is 18.0. The minimum atomic E-state index is -0.959. The third-order valence-corrected chi connectivity index (χ3v) is 5.87. The number of carbonyl (C=O) groups is 3. The third-order valence-electron chi connectivity index (χ3n) is 5.87. The summed E-state index contributed by atoms with van der Waals surface area (Å²) in [7, 11) is 1.54. The van der Waals surface area contributed by atoms with Crippen LogP contribution in [0.1, 0.15) is 6.92 Å². The molecule has 27 heavy (non-hydrogen) atoms. The van der Waals surface area contributed by atoms with E-state index in [2.05, 4.69) is 10.6 Å². The van der Waals surface area contributed by atoms with Crippen LogP contribution in [0, 0.1) is 5.92 Å². The van der Waals surface area contributed by atoms with Crippen LogP contribution in [0.5, 0.6) is 0 Å². The molecule has 0 aromatic carbocycles. The first-order valence-corrected chi connectivity index (χ1v) is 8.87. The number of carbonyl (C=O) groups excluding carboxylic acids is 3. The Balaban J connectivity index is 1.79. The Hall–Kier alpha value is -2.43. The fraction of sp³-hybridized carbons (Fsp3) is 0.588. The van der Waals surface area contributed by atoms with Crippen molar-refractivity contribution in [3.05, 3.63) is 22.5 Å². The van der Waals surface area contributed by atoms with E-state index >= 15 is 0 Å². The van der Waals surface area contributed by atoms with Crippen LogP contribution in [0.4, 0.5) is 4.79 Å². The summed E-state index contributed by atoms with van der Waals surface area (Å²) in [4.78, 5) is 39.5. The molecular formula is C17H23N5O5. The van der Waals surface area contributed by atoms with Crippen LogP contribution in [0.2, 0.25) is 0 Å². The van der Waals surface area contributed by atoms with E-state index in [-0.39, 0.29) is 36.0 Å². The molecule has 1 amide bonds. The monoisotopic (exact) mass is 377 g/mol. The van der Waals surface area contributed by atoms with Crippen molar-refractivity contribution >= 4 is 17.7 Å². The number of hydrogen-bond acceptors (Lipinski definition) is 9. The van der Waals surface area contributed by atoms with Crippen molar-refractivity contribution in [1.29, 1.82) is 0 Å². The molecule has 0 bridgehead atoms. The highest BCUT2D eigenvalue weighted by Crippen LogP contribution is 2.55. The number of allylic oxidation sites excluding steroid dienone is 2. The highest BCUT2D eigenvalue weighted by Gasteiger charge is 2.72. The maximum atomic E-state index is 13.3. The second-order valence-electron chi connectivity index (χ2n) is 7.14. The summed E-state index contributed by atoms with van der Waals surface area (Å²) in [5.74, 6) is -1.15. The van der Waals surface area contributed by atoms with Crippen molar-refractivity contribution in [3.63, 3.8) is 0 Å². The molecule has 1 aliphatic carbocycles. The number of primary amides is 1. The summed E-state index contributed by atoms with van der Waals surface area (Å²) in [6, 6.07) is 0.106. The Bertz CT molecular complexity index is 806. The lowest BCUT2D eigenvalue weighted by Gasteiger charge is -2.39. The van der Waals surface area contributed by atoms with E-state index < -0.39 is 17.7 Å². The van der Waals surface area contributed by atoms with Gasteiger partial charge in [0.25, 0.3) is 0 Å². The van der Waals surface area contributed by atoms with E-state index in [1.807, 2.05) is 4.90 Å². The van der Waals surface area contributed by atoms with Gasteiger partial charge in [0.1, 0.15) is 6.61 Å².